The zero-order chi connectivity index (χ0) is 26.3. The van der Waals surface area contributed by atoms with Crippen molar-refractivity contribution < 1.29 is 23.0 Å². The number of halogens is 2. The molecule has 2 saturated heterocycles. The molecule has 5 nitrogen and oxygen atoms in total. The third-order valence-corrected chi connectivity index (χ3v) is 9.79. The molecule has 0 unspecified atom stereocenters. The second-order valence-corrected chi connectivity index (χ2v) is 11.7. The molecule has 7 heteroatoms. The third-order valence-electron chi connectivity index (χ3n) is 9.79. The Morgan fingerprint density at radius 2 is 1.84 bits per heavy atom. The van der Waals surface area contributed by atoms with Gasteiger partial charge in [0.05, 0.1) is 19.6 Å². The fourth-order valence-electron chi connectivity index (χ4n) is 7.71. The van der Waals surface area contributed by atoms with Crippen LogP contribution in [0.2, 0.25) is 0 Å². The van der Waals surface area contributed by atoms with Crippen LogP contribution in [0.25, 0.3) is 0 Å². The third kappa shape index (κ3) is 4.47. The van der Waals surface area contributed by atoms with Crippen LogP contribution in [-0.4, -0.2) is 56.1 Å². The molecular weight excluding hydrogens is 486 g/mol. The Morgan fingerprint density at radius 1 is 1.05 bits per heavy atom. The van der Waals surface area contributed by atoms with E-state index in [-0.39, 0.29) is 42.0 Å². The van der Waals surface area contributed by atoms with Gasteiger partial charge in [0.25, 0.3) is 0 Å². The highest BCUT2D eigenvalue weighted by Gasteiger charge is 2.54. The van der Waals surface area contributed by atoms with Crippen molar-refractivity contribution in [1.82, 2.24) is 10.2 Å². The second kappa shape index (κ2) is 10.1. The predicted octanol–water partition coefficient (Wildman–Crippen LogP) is 5.54. The lowest BCUT2D eigenvalue weighted by Gasteiger charge is -2.48. The number of carbonyl (C=O) groups is 1. The number of nitrogens with zero attached hydrogens (tertiary/aromatic N) is 1. The van der Waals surface area contributed by atoms with Gasteiger partial charge in [-0.05, 0) is 55.6 Å². The molecule has 1 N–H and O–H groups in total. The number of alkyl halides is 2. The van der Waals surface area contributed by atoms with Crippen molar-refractivity contribution in [2.24, 2.45) is 11.8 Å². The van der Waals surface area contributed by atoms with E-state index in [1.807, 2.05) is 18.2 Å². The molecule has 1 saturated carbocycles. The van der Waals surface area contributed by atoms with Gasteiger partial charge in [-0.25, -0.2) is 8.78 Å². The summed E-state index contributed by atoms with van der Waals surface area (Å²) in [6.07, 6.45) is 3.30. The number of para-hydroxylation sites is 1. The van der Waals surface area contributed by atoms with Crippen molar-refractivity contribution in [3.63, 3.8) is 0 Å². The number of hydrogen-bond donors (Lipinski definition) is 1. The lowest BCUT2D eigenvalue weighted by atomic mass is 9.67. The minimum Gasteiger partial charge on any atom is -0.493 e. The molecule has 0 aromatic heterocycles. The quantitative estimate of drug-likeness (QED) is 0.571. The number of ether oxygens (including phenoxy) is 2. The van der Waals surface area contributed by atoms with Gasteiger partial charge in [-0.15, -0.1) is 0 Å². The van der Waals surface area contributed by atoms with Crippen LogP contribution in [0.4, 0.5) is 8.78 Å². The maximum atomic E-state index is 14.5. The van der Waals surface area contributed by atoms with Crippen LogP contribution < -0.4 is 14.8 Å². The van der Waals surface area contributed by atoms with E-state index in [4.69, 9.17) is 9.47 Å². The van der Waals surface area contributed by atoms with Crippen LogP contribution in [-0.2, 0) is 10.2 Å². The zero-order valence-electron chi connectivity index (χ0n) is 22.1. The van der Waals surface area contributed by atoms with Crippen LogP contribution in [0.5, 0.6) is 11.5 Å². The fourth-order valence-corrected chi connectivity index (χ4v) is 7.71. The van der Waals surface area contributed by atoms with Gasteiger partial charge in [-0.3, -0.25) is 4.79 Å². The number of hydrogen-bond acceptors (Lipinski definition) is 4. The summed E-state index contributed by atoms with van der Waals surface area (Å²) in [5, 5.41) is 3.53. The van der Waals surface area contributed by atoms with Gasteiger partial charge in [0.2, 0.25) is 11.8 Å². The van der Waals surface area contributed by atoms with E-state index >= 15 is 0 Å². The van der Waals surface area contributed by atoms with Gasteiger partial charge in [0.1, 0.15) is 0 Å². The van der Waals surface area contributed by atoms with Crippen molar-refractivity contribution in [3.8, 4) is 11.5 Å². The van der Waals surface area contributed by atoms with Crippen molar-refractivity contribution in [1.29, 1.82) is 0 Å². The van der Waals surface area contributed by atoms with E-state index in [2.05, 4.69) is 40.5 Å². The standard InChI is InChI=1S/C31H38F2N2O3/c1-37-27-9-5-8-24-28(27)38-17-15-30(24)20-34-19-25(30)29(36)35-16-12-23(21-6-3-2-4-7-21)18-26(35)22-10-13-31(32,33)14-11-22/h2-9,22-23,25-26,34H,10-20H2,1H3/t23-,25+,26+,30+/m1/s1. The smallest absolute Gasteiger partial charge is 0.248 e. The van der Waals surface area contributed by atoms with Gasteiger partial charge in [0, 0.05) is 49.5 Å². The van der Waals surface area contributed by atoms with Crippen LogP contribution in [0, 0.1) is 11.8 Å². The number of rotatable bonds is 4. The van der Waals surface area contributed by atoms with Crippen molar-refractivity contribution in [2.45, 2.75) is 68.2 Å². The molecule has 1 spiro atoms. The molecular formula is C31H38F2N2O3. The van der Waals surface area contributed by atoms with Crippen LogP contribution in [0.1, 0.15) is 62.0 Å². The monoisotopic (exact) mass is 524 g/mol. The second-order valence-electron chi connectivity index (χ2n) is 11.7. The number of likely N-dealkylation sites (tertiary alicyclic amines) is 1. The molecule has 2 aromatic carbocycles. The predicted molar refractivity (Wildman–Crippen MR) is 142 cm³/mol. The lowest BCUT2D eigenvalue weighted by Crippen LogP contribution is -2.55. The summed E-state index contributed by atoms with van der Waals surface area (Å²) < 4.78 is 39.9. The Hall–Kier alpha value is -2.67. The van der Waals surface area contributed by atoms with Crippen LogP contribution >= 0.6 is 0 Å². The van der Waals surface area contributed by atoms with Gasteiger partial charge >= 0.3 is 0 Å². The first-order chi connectivity index (χ1) is 18.4. The van der Waals surface area contributed by atoms with E-state index in [1.165, 1.54) is 5.56 Å². The minimum atomic E-state index is -2.58. The van der Waals surface area contributed by atoms with Crippen molar-refractivity contribution in [3.05, 3.63) is 59.7 Å². The van der Waals surface area contributed by atoms with Gasteiger partial charge in [0.15, 0.2) is 11.5 Å². The summed E-state index contributed by atoms with van der Waals surface area (Å²) in [7, 11) is 1.64. The largest absolute Gasteiger partial charge is 0.493 e. The Kier molecular flexibility index (Phi) is 6.83. The highest BCUT2D eigenvalue weighted by molar-refractivity contribution is 5.82. The molecule has 2 aromatic rings. The van der Waals surface area contributed by atoms with E-state index in [0.29, 0.717) is 50.8 Å². The number of piperidine rings is 1. The first kappa shape index (κ1) is 25.6. The maximum absolute atomic E-state index is 14.5. The summed E-state index contributed by atoms with van der Waals surface area (Å²) in [6, 6.07) is 16.4. The van der Waals surface area contributed by atoms with Gasteiger partial charge < -0.3 is 19.7 Å². The molecule has 1 aliphatic carbocycles. The topological polar surface area (TPSA) is 50.8 Å². The molecule has 4 aliphatic rings. The van der Waals surface area contributed by atoms with Gasteiger partial charge in [-0.1, -0.05) is 42.5 Å². The van der Waals surface area contributed by atoms with Crippen molar-refractivity contribution >= 4 is 5.91 Å². The molecule has 1 amide bonds. The average Bonchev–Trinajstić information content (AvgIpc) is 3.36. The summed E-state index contributed by atoms with van der Waals surface area (Å²) >= 11 is 0. The average molecular weight is 525 g/mol. The number of benzene rings is 2. The Bertz CT molecular complexity index is 1150. The first-order valence-electron chi connectivity index (χ1n) is 14.2. The van der Waals surface area contributed by atoms with E-state index in [1.54, 1.807) is 7.11 Å². The molecule has 38 heavy (non-hydrogen) atoms. The summed E-state index contributed by atoms with van der Waals surface area (Å²) in [5.74, 6) is -0.740. The van der Waals surface area contributed by atoms with E-state index in [9.17, 15) is 13.6 Å². The number of carbonyl (C=O) groups excluding carboxylic acids is 1. The molecule has 3 fully saturated rings. The Balaban J connectivity index is 1.31. The van der Waals surface area contributed by atoms with E-state index in [0.717, 1.165) is 30.6 Å². The number of fused-ring (bicyclic) bond motifs is 2. The SMILES string of the molecule is COc1cccc2c1OCC[C@]21CNC[C@H]1C(=O)N1CC[C@@H](c2ccccc2)C[C@H]1C1CCC(F)(F)CC1. The highest BCUT2D eigenvalue weighted by atomic mass is 19.3. The summed E-state index contributed by atoms with van der Waals surface area (Å²) in [4.78, 5) is 16.6. The minimum absolute atomic E-state index is 0.0140. The number of methoxy groups -OCH3 is 1. The van der Waals surface area contributed by atoms with E-state index < -0.39 is 5.92 Å². The summed E-state index contributed by atoms with van der Waals surface area (Å²) in [5.41, 5.74) is 1.97. The first-order valence-corrected chi connectivity index (χ1v) is 14.2. The number of nitrogens with one attached hydrogen (secondary N) is 1. The molecule has 3 heterocycles. The fraction of sp³-hybridized carbons (Fsp3) is 0.581. The Labute approximate surface area is 223 Å². The molecule has 0 radical (unpaired) electrons. The lowest BCUT2D eigenvalue weighted by molar-refractivity contribution is -0.144. The highest BCUT2D eigenvalue weighted by Crippen LogP contribution is 2.51. The number of amides is 1. The van der Waals surface area contributed by atoms with Crippen LogP contribution in [0.3, 0.4) is 0 Å². The Morgan fingerprint density at radius 3 is 2.61 bits per heavy atom. The van der Waals surface area contributed by atoms with Gasteiger partial charge in [-0.2, -0.15) is 0 Å². The molecule has 4 atom stereocenters. The maximum Gasteiger partial charge on any atom is 0.248 e. The molecule has 0 bridgehead atoms. The molecule has 3 aliphatic heterocycles. The molecule has 6 rings (SSSR count). The zero-order valence-corrected chi connectivity index (χ0v) is 22.1. The molecule has 204 valence electrons. The van der Waals surface area contributed by atoms with Crippen molar-refractivity contribution in [2.75, 3.05) is 33.4 Å². The van der Waals surface area contributed by atoms with Crippen LogP contribution in [0.15, 0.2) is 48.5 Å². The summed E-state index contributed by atoms with van der Waals surface area (Å²) in [6.45, 7) is 2.54. The normalized spacial score (nSPS) is 31.0.